The van der Waals surface area contributed by atoms with E-state index in [1.165, 1.54) is 17.0 Å². The van der Waals surface area contributed by atoms with Crippen molar-refractivity contribution in [1.82, 2.24) is 9.66 Å². The van der Waals surface area contributed by atoms with Gasteiger partial charge in [0.05, 0.1) is 28.1 Å². The van der Waals surface area contributed by atoms with Crippen molar-refractivity contribution in [2.24, 2.45) is 5.10 Å². The number of nitro benzene ring substituents is 1. The molecule has 0 aliphatic carbocycles. The lowest BCUT2D eigenvalue weighted by Gasteiger charge is -2.14. The molecule has 0 saturated carbocycles. The first-order chi connectivity index (χ1) is 15.3. The van der Waals surface area contributed by atoms with Crippen LogP contribution in [0.2, 0.25) is 0 Å². The molecule has 3 rings (SSSR count). The molecule has 0 N–H and O–H groups in total. The van der Waals surface area contributed by atoms with E-state index >= 15 is 0 Å². The molecular formula is C23H25BrN4O4. The lowest BCUT2D eigenvalue weighted by molar-refractivity contribution is -0.386. The molecule has 0 saturated heterocycles. The summed E-state index contributed by atoms with van der Waals surface area (Å²) in [7, 11) is 0. The monoisotopic (exact) mass is 500 g/mol. The zero-order chi connectivity index (χ0) is 23.3. The summed E-state index contributed by atoms with van der Waals surface area (Å²) in [6.45, 7) is 5.84. The molecule has 0 amide bonds. The summed E-state index contributed by atoms with van der Waals surface area (Å²) >= 11 is 3.39. The molecule has 2 aromatic carbocycles. The second-order valence-electron chi connectivity index (χ2n) is 7.44. The summed E-state index contributed by atoms with van der Waals surface area (Å²) in [4.78, 5) is 28.9. The van der Waals surface area contributed by atoms with E-state index in [0.29, 0.717) is 35.1 Å². The highest BCUT2D eigenvalue weighted by molar-refractivity contribution is 9.10. The second-order valence-corrected chi connectivity index (χ2v) is 8.36. The Morgan fingerprint density at radius 2 is 2.09 bits per heavy atom. The maximum atomic E-state index is 13.2. The highest BCUT2D eigenvalue weighted by Crippen LogP contribution is 2.31. The lowest BCUT2D eigenvalue weighted by Crippen LogP contribution is -2.22. The predicted molar refractivity (Wildman–Crippen MR) is 129 cm³/mol. The number of halogens is 1. The van der Waals surface area contributed by atoms with Crippen LogP contribution in [0.15, 0.2) is 50.8 Å². The Balaban J connectivity index is 2.15. The maximum absolute atomic E-state index is 13.2. The van der Waals surface area contributed by atoms with Gasteiger partial charge in [0.1, 0.15) is 5.82 Å². The minimum absolute atomic E-state index is 0.134. The fraction of sp³-hybridized carbons (Fsp3) is 0.348. The van der Waals surface area contributed by atoms with Crippen molar-refractivity contribution in [2.45, 2.75) is 52.6 Å². The molecule has 0 bridgehead atoms. The average Bonchev–Trinajstić information content (AvgIpc) is 2.78. The molecule has 32 heavy (non-hydrogen) atoms. The quantitative estimate of drug-likeness (QED) is 0.220. The number of benzene rings is 2. The number of ether oxygens (including phenoxy) is 1. The minimum atomic E-state index is -0.483. The average molecular weight is 501 g/mol. The molecule has 9 heteroatoms. The van der Waals surface area contributed by atoms with Crippen molar-refractivity contribution in [3.63, 3.8) is 0 Å². The summed E-state index contributed by atoms with van der Waals surface area (Å²) in [5.41, 5.74) is 0.580. The number of aromatic nitrogens is 2. The second kappa shape index (κ2) is 10.5. The van der Waals surface area contributed by atoms with E-state index in [1.54, 1.807) is 24.3 Å². The van der Waals surface area contributed by atoms with Crippen molar-refractivity contribution in [2.75, 3.05) is 0 Å². The molecule has 0 unspecified atom stereocenters. The van der Waals surface area contributed by atoms with Crippen LogP contribution in [-0.2, 0) is 6.42 Å². The van der Waals surface area contributed by atoms with Crippen LogP contribution in [0.4, 0.5) is 5.69 Å². The van der Waals surface area contributed by atoms with Crippen LogP contribution in [0.25, 0.3) is 10.9 Å². The molecule has 3 aromatic rings. The molecule has 0 radical (unpaired) electrons. The van der Waals surface area contributed by atoms with Crippen molar-refractivity contribution < 1.29 is 9.66 Å². The smallest absolute Gasteiger partial charge is 0.311 e. The predicted octanol–water partition coefficient (Wildman–Crippen LogP) is 5.47. The van der Waals surface area contributed by atoms with E-state index in [0.717, 1.165) is 17.3 Å². The van der Waals surface area contributed by atoms with Gasteiger partial charge in [-0.15, -0.1) is 0 Å². The number of fused-ring (bicyclic) bond motifs is 1. The van der Waals surface area contributed by atoms with Crippen molar-refractivity contribution in [1.29, 1.82) is 0 Å². The summed E-state index contributed by atoms with van der Waals surface area (Å²) in [5, 5.41) is 16.4. The standard InChI is InChI=1S/C23H25BrN4O4/c1-4-6-10-21-26-19-12-11-17(24)13-18(19)23(29)27(21)25-14-16-8-7-9-20(28(30)31)22(16)32-15(3)5-2/h7-9,11-15H,4-6,10H2,1-3H3/t15-/m0/s1. The third-order valence-electron chi connectivity index (χ3n) is 5.06. The molecule has 0 aliphatic heterocycles. The number of hydrogen-bond acceptors (Lipinski definition) is 6. The van der Waals surface area contributed by atoms with E-state index in [9.17, 15) is 14.9 Å². The fourth-order valence-electron chi connectivity index (χ4n) is 3.13. The van der Waals surface area contributed by atoms with Gasteiger partial charge < -0.3 is 4.74 Å². The summed E-state index contributed by atoms with van der Waals surface area (Å²) < 4.78 is 7.89. The Morgan fingerprint density at radius 1 is 1.31 bits per heavy atom. The van der Waals surface area contributed by atoms with Crippen LogP contribution < -0.4 is 10.3 Å². The van der Waals surface area contributed by atoms with E-state index in [-0.39, 0.29) is 23.1 Å². The third kappa shape index (κ3) is 5.21. The van der Waals surface area contributed by atoms with Crippen LogP contribution >= 0.6 is 15.9 Å². The fourth-order valence-corrected chi connectivity index (χ4v) is 3.49. The van der Waals surface area contributed by atoms with Crippen molar-refractivity contribution in [3.8, 4) is 5.75 Å². The SMILES string of the molecule is CCCCc1nc2ccc(Br)cc2c(=O)n1N=Cc1cccc([N+](=O)[O-])c1O[C@@H](C)CC. The van der Waals surface area contributed by atoms with Crippen LogP contribution in [0, 0.1) is 10.1 Å². The molecule has 8 nitrogen and oxygen atoms in total. The van der Waals surface area contributed by atoms with Crippen LogP contribution in [0.1, 0.15) is 51.4 Å². The molecule has 1 atom stereocenters. The van der Waals surface area contributed by atoms with Crippen LogP contribution in [0.3, 0.4) is 0 Å². The number of aryl methyl sites for hydroxylation is 1. The summed E-state index contributed by atoms with van der Waals surface area (Å²) in [6.07, 6.45) is 4.27. The molecular weight excluding hydrogens is 476 g/mol. The molecule has 168 valence electrons. The Bertz CT molecular complexity index is 1220. The Hall–Kier alpha value is -3.07. The Morgan fingerprint density at radius 3 is 2.78 bits per heavy atom. The number of rotatable bonds is 9. The number of unbranched alkanes of at least 4 members (excludes halogenated alkanes) is 1. The molecule has 0 spiro atoms. The lowest BCUT2D eigenvalue weighted by atomic mass is 10.2. The first-order valence-corrected chi connectivity index (χ1v) is 11.3. The van der Waals surface area contributed by atoms with E-state index in [2.05, 4.69) is 32.9 Å². The molecule has 1 aromatic heterocycles. The normalized spacial score (nSPS) is 12.4. The largest absolute Gasteiger partial charge is 0.483 e. The number of nitrogens with zero attached hydrogens (tertiary/aromatic N) is 4. The molecule has 0 aliphatic rings. The highest BCUT2D eigenvalue weighted by atomic mass is 79.9. The van der Waals surface area contributed by atoms with Gasteiger partial charge in [-0.3, -0.25) is 14.9 Å². The van der Waals surface area contributed by atoms with Crippen LogP contribution in [-0.4, -0.2) is 26.9 Å². The van der Waals surface area contributed by atoms with Gasteiger partial charge in [-0.25, -0.2) is 4.98 Å². The van der Waals surface area contributed by atoms with Gasteiger partial charge in [-0.05, 0) is 44.0 Å². The van der Waals surface area contributed by atoms with Gasteiger partial charge in [0.2, 0.25) is 5.75 Å². The summed E-state index contributed by atoms with van der Waals surface area (Å²) in [5.74, 6) is 0.674. The van der Waals surface area contributed by atoms with Crippen molar-refractivity contribution in [3.05, 3.63) is 72.7 Å². The van der Waals surface area contributed by atoms with Gasteiger partial charge in [-0.1, -0.05) is 42.3 Å². The summed E-state index contributed by atoms with van der Waals surface area (Å²) in [6, 6.07) is 9.99. The van der Waals surface area contributed by atoms with Crippen molar-refractivity contribution >= 4 is 38.7 Å². The van der Waals surface area contributed by atoms with Gasteiger partial charge in [0, 0.05) is 22.5 Å². The zero-order valence-corrected chi connectivity index (χ0v) is 19.8. The van der Waals surface area contributed by atoms with Gasteiger partial charge in [0.15, 0.2) is 0 Å². The van der Waals surface area contributed by atoms with Gasteiger partial charge in [0.25, 0.3) is 5.56 Å². The first-order valence-electron chi connectivity index (χ1n) is 10.5. The van der Waals surface area contributed by atoms with E-state index in [4.69, 9.17) is 4.74 Å². The van der Waals surface area contributed by atoms with Gasteiger partial charge in [-0.2, -0.15) is 9.78 Å². The molecule has 1 heterocycles. The number of hydrogen-bond donors (Lipinski definition) is 0. The minimum Gasteiger partial charge on any atom is -0.483 e. The third-order valence-corrected chi connectivity index (χ3v) is 5.55. The highest BCUT2D eigenvalue weighted by Gasteiger charge is 2.20. The Labute approximate surface area is 194 Å². The number of para-hydroxylation sites is 1. The van der Waals surface area contributed by atoms with Gasteiger partial charge >= 0.3 is 5.69 Å². The first kappa shape index (κ1) is 23.6. The topological polar surface area (TPSA) is 99.6 Å². The Kier molecular flexibility index (Phi) is 7.74. The maximum Gasteiger partial charge on any atom is 0.311 e. The van der Waals surface area contributed by atoms with E-state index < -0.39 is 4.92 Å². The zero-order valence-electron chi connectivity index (χ0n) is 18.2. The van der Waals surface area contributed by atoms with Crippen LogP contribution in [0.5, 0.6) is 5.75 Å². The number of nitro groups is 1. The van der Waals surface area contributed by atoms with E-state index in [1.807, 2.05) is 19.9 Å². The molecule has 0 fully saturated rings.